The van der Waals surface area contributed by atoms with Crippen molar-refractivity contribution in [3.63, 3.8) is 0 Å². The van der Waals surface area contributed by atoms with Gasteiger partial charge in [0.25, 0.3) is 0 Å². The fourth-order valence-electron chi connectivity index (χ4n) is 0.587. The number of hydrogen-bond acceptors (Lipinski definition) is 2. The average Bonchev–Trinajstić information content (AvgIpc) is 1.89. The first kappa shape index (κ1) is 8.95. The summed E-state index contributed by atoms with van der Waals surface area (Å²) in [5.74, 6) is -0.0376. The van der Waals surface area contributed by atoms with E-state index in [9.17, 15) is 4.79 Å². The third-order valence-corrected chi connectivity index (χ3v) is 1.09. The van der Waals surface area contributed by atoms with Crippen LogP contribution in [0.5, 0.6) is 0 Å². The Hall–Kier alpha value is -1.05. The van der Waals surface area contributed by atoms with Gasteiger partial charge in [-0.2, -0.15) is 0 Å². The fraction of sp³-hybridized carbons (Fsp3) is 0.375. The molecule has 56 valence electrons. The Morgan fingerprint density at radius 1 is 1.60 bits per heavy atom. The molecule has 0 aromatic rings. The predicted molar refractivity (Wildman–Crippen MR) is 40.8 cm³/mol. The van der Waals surface area contributed by atoms with E-state index < -0.39 is 0 Å². The lowest BCUT2D eigenvalue weighted by atomic mass is 10.2. The van der Waals surface area contributed by atoms with Crippen LogP contribution in [0.15, 0.2) is 25.0 Å². The van der Waals surface area contributed by atoms with Crippen LogP contribution in [0, 0.1) is 0 Å². The summed E-state index contributed by atoms with van der Waals surface area (Å²) in [7, 11) is 0. The molecule has 10 heavy (non-hydrogen) atoms. The number of rotatable bonds is 5. The summed E-state index contributed by atoms with van der Waals surface area (Å²) in [6.45, 7) is 3.52. The van der Waals surface area contributed by atoms with Crippen molar-refractivity contribution in [2.24, 2.45) is 0 Å². The number of ketones is 1. The third-order valence-electron chi connectivity index (χ3n) is 1.09. The highest BCUT2D eigenvalue weighted by atomic mass is 16.2. The van der Waals surface area contributed by atoms with Gasteiger partial charge in [0, 0.05) is 12.5 Å². The Labute approximate surface area is 60.9 Å². The first-order valence-corrected chi connectivity index (χ1v) is 3.25. The molecular formula is C8H12O2. The Morgan fingerprint density at radius 3 is 2.80 bits per heavy atom. The van der Waals surface area contributed by atoms with Gasteiger partial charge in [-0.1, -0.05) is 6.08 Å². The molecule has 2 nitrogen and oxygen atoms in total. The van der Waals surface area contributed by atoms with Gasteiger partial charge >= 0.3 is 0 Å². The van der Waals surface area contributed by atoms with Crippen molar-refractivity contribution in [1.29, 1.82) is 0 Å². The number of carbonyl (C=O) groups excluding carboxylic acids is 1. The molecular weight excluding hydrogens is 128 g/mol. The number of aliphatic hydroxyl groups excluding tert-OH is 1. The smallest absolute Gasteiger partial charge is 0.158 e. The summed E-state index contributed by atoms with van der Waals surface area (Å²) in [5.41, 5.74) is 0. The van der Waals surface area contributed by atoms with Gasteiger partial charge in [0.2, 0.25) is 0 Å². The molecule has 0 saturated heterocycles. The van der Waals surface area contributed by atoms with Crippen molar-refractivity contribution in [2.75, 3.05) is 0 Å². The van der Waals surface area contributed by atoms with Gasteiger partial charge in [-0.25, -0.2) is 0 Å². The van der Waals surface area contributed by atoms with Crippen LogP contribution in [0.25, 0.3) is 0 Å². The minimum absolute atomic E-state index is 0.0376. The van der Waals surface area contributed by atoms with Crippen molar-refractivity contribution >= 4 is 5.78 Å². The SMILES string of the molecule is C=CCCCC(=O)C=CO. The maximum absolute atomic E-state index is 10.6. The van der Waals surface area contributed by atoms with Crippen LogP contribution in [0.2, 0.25) is 0 Å². The first-order valence-electron chi connectivity index (χ1n) is 3.25. The summed E-state index contributed by atoms with van der Waals surface area (Å²) in [5, 5.41) is 8.17. The molecule has 1 N–H and O–H groups in total. The van der Waals surface area contributed by atoms with Gasteiger partial charge in [0.1, 0.15) is 0 Å². The molecule has 0 rings (SSSR count). The molecule has 0 fully saturated rings. The van der Waals surface area contributed by atoms with E-state index in [1.807, 2.05) is 0 Å². The molecule has 0 heterocycles. The van der Waals surface area contributed by atoms with E-state index in [1.165, 1.54) is 6.08 Å². The van der Waals surface area contributed by atoms with E-state index in [0.717, 1.165) is 19.1 Å². The van der Waals surface area contributed by atoms with Crippen molar-refractivity contribution in [2.45, 2.75) is 19.3 Å². The van der Waals surface area contributed by atoms with Crippen LogP contribution in [-0.2, 0) is 4.79 Å². The topological polar surface area (TPSA) is 37.3 Å². The van der Waals surface area contributed by atoms with E-state index in [2.05, 4.69) is 6.58 Å². The Balaban J connectivity index is 3.30. The quantitative estimate of drug-likeness (QED) is 0.274. The molecule has 0 aliphatic heterocycles. The van der Waals surface area contributed by atoms with Gasteiger partial charge in [-0.05, 0) is 12.8 Å². The maximum atomic E-state index is 10.6. The third kappa shape index (κ3) is 5.09. The summed E-state index contributed by atoms with van der Waals surface area (Å²) < 4.78 is 0. The lowest BCUT2D eigenvalue weighted by Crippen LogP contribution is -1.90. The van der Waals surface area contributed by atoms with Crippen LogP contribution in [0.4, 0.5) is 0 Å². The molecule has 0 aliphatic carbocycles. The molecule has 0 saturated carbocycles. The first-order chi connectivity index (χ1) is 4.81. The largest absolute Gasteiger partial charge is 0.515 e. The lowest BCUT2D eigenvalue weighted by Gasteiger charge is -1.89. The van der Waals surface area contributed by atoms with Crippen molar-refractivity contribution in [1.82, 2.24) is 0 Å². The molecule has 0 radical (unpaired) electrons. The molecule has 0 atom stereocenters. The molecule has 0 aliphatic rings. The minimum atomic E-state index is -0.0376. The average molecular weight is 140 g/mol. The van der Waals surface area contributed by atoms with Crippen molar-refractivity contribution in [3.8, 4) is 0 Å². The molecule has 0 spiro atoms. The summed E-state index contributed by atoms with van der Waals surface area (Å²) >= 11 is 0. The van der Waals surface area contributed by atoms with Gasteiger partial charge in [-0.3, -0.25) is 4.79 Å². The summed E-state index contributed by atoms with van der Waals surface area (Å²) in [6, 6.07) is 0. The molecule has 0 aromatic heterocycles. The number of carbonyl (C=O) groups is 1. The lowest BCUT2D eigenvalue weighted by molar-refractivity contribution is -0.114. The predicted octanol–water partition coefficient (Wildman–Crippen LogP) is 1.98. The molecule has 0 aromatic carbocycles. The number of aliphatic hydroxyl groups is 1. The molecule has 0 amide bonds. The van der Waals surface area contributed by atoms with Crippen molar-refractivity contribution in [3.05, 3.63) is 25.0 Å². The minimum Gasteiger partial charge on any atom is -0.515 e. The van der Waals surface area contributed by atoms with E-state index in [1.54, 1.807) is 6.08 Å². The highest BCUT2D eigenvalue weighted by Gasteiger charge is 1.93. The van der Waals surface area contributed by atoms with Crippen molar-refractivity contribution < 1.29 is 9.90 Å². The number of allylic oxidation sites excluding steroid dienone is 2. The monoisotopic (exact) mass is 140 g/mol. The zero-order valence-electron chi connectivity index (χ0n) is 5.92. The zero-order valence-corrected chi connectivity index (χ0v) is 5.92. The van der Waals surface area contributed by atoms with E-state index in [-0.39, 0.29) is 5.78 Å². The van der Waals surface area contributed by atoms with Gasteiger partial charge < -0.3 is 5.11 Å². The molecule has 0 bridgehead atoms. The fourth-order valence-corrected chi connectivity index (χ4v) is 0.587. The number of unbranched alkanes of at least 4 members (excludes halogenated alkanes) is 1. The Morgan fingerprint density at radius 2 is 2.30 bits per heavy atom. The van der Waals surface area contributed by atoms with E-state index in [4.69, 9.17) is 5.11 Å². The number of hydrogen-bond donors (Lipinski definition) is 1. The normalized spacial score (nSPS) is 10.0. The second-order valence-corrected chi connectivity index (χ2v) is 1.96. The highest BCUT2D eigenvalue weighted by molar-refractivity contribution is 5.89. The van der Waals surface area contributed by atoms with Crippen LogP contribution in [0.3, 0.4) is 0 Å². The van der Waals surface area contributed by atoms with Crippen LogP contribution in [-0.4, -0.2) is 10.9 Å². The summed E-state index contributed by atoms with van der Waals surface area (Å²) in [4.78, 5) is 10.6. The van der Waals surface area contributed by atoms with Crippen LogP contribution in [0.1, 0.15) is 19.3 Å². The van der Waals surface area contributed by atoms with Gasteiger partial charge in [-0.15, -0.1) is 6.58 Å². The van der Waals surface area contributed by atoms with Crippen LogP contribution >= 0.6 is 0 Å². The molecule has 2 heteroatoms. The van der Waals surface area contributed by atoms with Gasteiger partial charge in [0.15, 0.2) is 5.78 Å². The Bertz CT molecular complexity index is 136. The zero-order chi connectivity index (χ0) is 7.82. The maximum Gasteiger partial charge on any atom is 0.158 e. The standard InChI is InChI=1S/C8H12O2/c1-2-3-4-5-8(10)6-7-9/h2,6-7,9H,1,3-5H2. The van der Waals surface area contributed by atoms with Crippen LogP contribution < -0.4 is 0 Å². The van der Waals surface area contributed by atoms with E-state index in [0.29, 0.717) is 6.42 Å². The van der Waals surface area contributed by atoms with Gasteiger partial charge in [0.05, 0.1) is 6.26 Å². The summed E-state index contributed by atoms with van der Waals surface area (Å²) in [6.07, 6.45) is 5.87. The van der Waals surface area contributed by atoms with E-state index >= 15 is 0 Å². The second-order valence-electron chi connectivity index (χ2n) is 1.96. The molecule has 0 unspecified atom stereocenters. The second kappa shape index (κ2) is 6.08. The Kier molecular flexibility index (Phi) is 5.44. The highest BCUT2D eigenvalue weighted by Crippen LogP contribution is 1.96.